The van der Waals surface area contributed by atoms with Gasteiger partial charge in [0.2, 0.25) is 0 Å². The molecule has 2 N–H and O–H groups in total. The van der Waals surface area contributed by atoms with E-state index in [1.54, 1.807) is 0 Å². The maximum atomic E-state index is 9.70. The van der Waals surface area contributed by atoms with E-state index in [1.807, 2.05) is 0 Å². The first kappa shape index (κ1) is 11.9. The predicted octanol–water partition coefficient (Wildman–Crippen LogP) is -2.77. The van der Waals surface area contributed by atoms with Crippen LogP contribution in [0.15, 0.2) is 0 Å². The standard InChI is InChI=1S/C2H7O4P.Na.H/c1-2-6-7(3,4)5;;/h2H2,1H3,(H2,3,4,5);;/q;+1;-1. The molecule has 0 aromatic heterocycles. The molecule has 0 rings (SSSR count). The van der Waals surface area contributed by atoms with Gasteiger partial charge in [-0.05, 0) is 6.92 Å². The Kier molecular flexibility index (Phi) is 7.32. The summed E-state index contributed by atoms with van der Waals surface area (Å²) < 4.78 is 13.6. The Labute approximate surface area is 71.3 Å². The summed E-state index contributed by atoms with van der Waals surface area (Å²) in [6.45, 7) is 1.56. The van der Waals surface area contributed by atoms with Gasteiger partial charge in [0.15, 0.2) is 0 Å². The van der Waals surface area contributed by atoms with Crippen LogP contribution in [0.1, 0.15) is 8.35 Å². The monoisotopic (exact) mass is 150 g/mol. The van der Waals surface area contributed by atoms with Crippen LogP contribution in [0.5, 0.6) is 0 Å². The van der Waals surface area contributed by atoms with Crippen molar-refractivity contribution in [2.24, 2.45) is 0 Å². The van der Waals surface area contributed by atoms with Crippen LogP contribution in [0.25, 0.3) is 0 Å². The first-order valence-electron chi connectivity index (χ1n) is 1.76. The predicted molar refractivity (Wildman–Crippen MR) is 24.8 cm³/mol. The summed E-state index contributed by atoms with van der Waals surface area (Å²) >= 11 is 0. The topological polar surface area (TPSA) is 66.8 Å². The first-order chi connectivity index (χ1) is 3.06. The van der Waals surface area contributed by atoms with Gasteiger partial charge in [0.25, 0.3) is 0 Å². The van der Waals surface area contributed by atoms with Gasteiger partial charge in [-0.3, -0.25) is 4.52 Å². The van der Waals surface area contributed by atoms with Crippen LogP contribution in [0.4, 0.5) is 0 Å². The second kappa shape index (κ2) is 4.94. The molecule has 0 atom stereocenters. The van der Waals surface area contributed by atoms with Gasteiger partial charge in [-0.15, -0.1) is 0 Å². The molecule has 0 unspecified atom stereocenters. The maximum Gasteiger partial charge on any atom is 1.00 e. The molecule has 0 amide bonds. The van der Waals surface area contributed by atoms with Crippen molar-refractivity contribution in [1.82, 2.24) is 0 Å². The van der Waals surface area contributed by atoms with Crippen LogP contribution in [0.2, 0.25) is 0 Å². The summed E-state index contributed by atoms with van der Waals surface area (Å²) in [5, 5.41) is 0. The second-order valence-corrected chi connectivity index (χ2v) is 2.15. The third-order valence-electron chi connectivity index (χ3n) is 0.297. The average Bonchev–Trinajstić information content (AvgIpc) is 1.30. The van der Waals surface area contributed by atoms with E-state index in [2.05, 4.69) is 4.52 Å². The molecule has 0 aromatic rings. The van der Waals surface area contributed by atoms with Crippen molar-refractivity contribution in [3.8, 4) is 0 Å². The Morgan fingerprint density at radius 2 is 2.12 bits per heavy atom. The molecule has 0 radical (unpaired) electrons. The molecule has 0 bridgehead atoms. The van der Waals surface area contributed by atoms with E-state index in [9.17, 15) is 4.57 Å². The van der Waals surface area contributed by atoms with Gasteiger partial charge in [-0.25, -0.2) is 4.57 Å². The van der Waals surface area contributed by atoms with E-state index in [0.29, 0.717) is 0 Å². The van der Waals surface area contributed by atoms with Crippen molar-refractivity contribution < 1.29 is 49.9 Å². The Morgan fingerprint density at radius 3 is 2.12 bits per heavy atom. The van der Waals surface area contributed by atoms with Crippen molar-refractivity contribution in [1.29, 1.82) is 0 Å². The van der Waals surface area contributed by atoms with E-state index in [-0.39, 0.29) is 37.6 Å². The molecule has 0 spiro atoms. The third-order valence-corrected chi connectivity index (χ3v) is 0.892. The van der Waals surface area contributed by atoms with Crippen LogP contribution in [0, 0.1) is 0 Å². The smallest absolute Gasteiger partial charge is 1.00 e. The van der Waals surface area contributed by atoms with Crippen LogP contribution in [-0.4, -0.2) is 16.4 Å². The van der Waals surface area contributed by atoms with E-state index < -0.39 is 7.82 Å². The quantitative estimate of drug-likeness (QED) is 0.330. The number of phosphoric acid groups is 1. The van der Waals surface area contributed by atoms with E-state index >= 15 is 0 Å². The van der Waals surface area contributed by atoms with Crippen molar-refractivity contribution in [3.05, 3.63) is 0 Å². The first-order valence-corrected chi connectivity index (χ1v) is 3.29. The Bertz CT molecular complexity index is 92.6. The van der Waals surface area contributed by atoms with Gasteiger partial charge in [-0.2, -0.15) is 0 Å². The summed E-state index contributed by atoms with van der Waals surface area (Å²) in [6, 6.07) is 0. The molecule has 46 valence electrons. The van der Waals surface area contributed by atoms with Gasteiger partial charge < -0.3 is 11.2 Å². The minimum Gasteiger partial charge on any atom is -1.00 e. The number of rotatable bonds is 2. The number of hydrogen-bond acceptors (Lipinski definition) is 2. The molecule has 8 heavy (non-hydrogen) atoms. The van der Waals surface area contributed by atoms with Gasteiger partial charge in [0, 0.05) is 0 Å². The fourth-order valence-corrected chi connectivity index (χ4v) is 0.505. The van der Waals surface area contributed by atoms with Crippen LogP contribution >= 0.6 is 7.82 Å². The zero-order valence-corrected chi connectivity index (χ0v) is 7.76. The fraction of sp³-hybridized carbons (Fsp3) is 1.00. The zero-order chi connectivity index (χ0) is 5.91. The van der Waals surface area contributed by atoms with Gasteiger partial charge in [-0.1, -0.05) is 0 Å². The Balaban J connectivity index is -0.000000180. The molecule has 0 saturated carbocycles. The van der Waals surface area contributed by atoms with Crippen LogP contribution in [0.3, 0.4) is 0 Å². The third kappa shape index (κ3) is 10.2. The minimum absolute atomic E-state index is 0. The molecule has 0 heterocycles. The number of hydrogen-bond donors (Lipinski definition) is 2. The molecule has 0 aliphatic rings. The Hall–Kier alpha value is 1.11. The van der Waals surface area contributed by atoms with Crippen molar-refractivity contribution in [3.63, 3.8) is 0 Å². The fourth-order valence-electron chi connectivity index (χ4n) is 0.168. The molecule has 6 heteroatoms. The van der Waals surface area contributed by atoms with E-state index in [0.717, 1.165) is 0 Å². The SMILES string of the molecule is CCOP(=O)(O)O.[H-].[Na+]. The summed E-state index contributed by atoms with van der Waals surface area (Å²) in [7, 11) is -4.17. The molecular weight excluding hydrogens is 142 g/mol. The average molecular weight is 150 g/mol. The van der Waals surface area contributed by atoms with E-state index in [4.69, 9.17) is 9.79 Å². The normalized spacial score (nSPS) is 10.4. The minimum atomic E-state index is -4.17. The summed E-state index contributed by atoms with van der Waals surface area (Å²) in [5.41, 5.74) is 0. The van der Waals surface area contributed by atoms with Crippen LogP contribution in [-0.2, 0) is 9.09 Å². The molecule has 0 aliphatic carbocycles. The maximum absolute atomic E-state index is 9.70. The largest absolute Gasteiger partial charge is 1.00 e. The zero-order valence-electron chi connectivity index (χ0n) is 5.87. The van der Waals surface area contributed by atoms with E-state index in [1.165, 1.54) is 6.92 Å². The summed E-state index contributed by atoms with van der Waals surface area (Å²) in [6.07, 6.45) is 0. The van der Waals surface area contributed by atoms with Crippen molar-refractivity contribution >= 4 is 7.82 Å². The van der Waals surface area contributed by atoms with Gasteiger partial charge in [0.05, 0.1) is 6.61 Å². The molecule has 0 saturated heterocycles. The molecular formula is C2H8NaO4P. The van der Waals surface area contributed by atoms with Crippen molar-refractivity contribution in [2.45, 2.75) is 6.92 Å². The molecule has 4 nitrogen and oxygen atoms in total. The van der Waals surface area contributed by atoms with Gasteiger partial charge in [0.1, 0.15) is 0 Å². The van der Waals surface area contributed by atoms with Gasteiger partial charge >= 0.3 is 37.4 Å². The van der Waals surface area contributed by atoms with Crippen LogP contribution < -0.4 is 29.6 Å². The molecule has 0 aromatic carbocycles. The second-order valence-electron chi connectivity index (χ2n) is 0.908. The molecule has 0 aliphatic heterocycles. The number of phosphoric ester groups is 1. The Morgan fingerprint density at radius 1 is 1.75 bits per heavy atom. The summed E-state index contributed by atoms with van der Waals surface area (Å²) in [4.78, 5) is 15.8. The summed E-state index contributed by atoms with van der Waals surface area (Å²) in [5.74, 6) is 0. The molecule has 0 fully saturated rings. The van der Waals surface area contributed by atoms with Crippen molar-refractivity contribution in [2.75, 3.05) is 6.61 Å².